The number of esters is 1. The number of nitrogens with one attached hydrogen (secondary N) is 1. The standard InChI is InChI=1S/C30H39N6O8P/c1-17(26(38)42-15-29(2,3)4)35-45(40,21-13-9-11-18-10-7-8-12-19(18)21)43-14-20-23(37)30(5,39)27(44-20)36-16-32-22-24(36)33-28(31)34-25(22)41-6/h7-13,16-17,20,23,27,37,39H,14-15H2,1-6H3,(H,35,40)(H2,31,33,34)/t17-,20+,23+,27+,30+,45?/m0/s1. The molecule has 5 rings (SSSR count). The molecule has 4 aromatic rings. The molecule has 6 atom stereocenters. The van der Waals surface area contributed by atoms with Crippen molar-refractivity contribution in [1.29, 1.82) is 0 Å². The number of imidazole rings is 1. The van der Waals surface area contributed by atoms with E-state index in [0.717, 1.165) is 5.39 Å². The Balaban J connectivity index is 1.44. The Kier molecular flexibility index (Phi) is 8.93. The van der Waals surface area contributed by atoms with Crippen LogP contribution in [0.1, 0.15) is 40.8 Å². The van der Waals surface area contributed by atoms with Gasteiger partial charge in [0.05, 0.1) is 32.0 Å². The fourth-order valence-corrected chi connectivity index (χ4v) is 7.27. The predicted molar refractivity (Wildman–Crippen MR) is 167 cm³/mol. The number of anilines is 1. The molecule has 0 spiro atoms. The van der Waals surface area contributed by atoms with Crippen molar-refractivity contribution in [2.75, 3.05) is 26.1 Å². The summed E-state index contributed by atoms with van der Waals surface area (Å²) in [5, 5.41) is 27.3. The number of aliphatic hydroxyl groups is 2. The Morgan fingerprint density at radius 1 is 1.22 bits per heavy atom. The van der Waals surface area contributed by atoms with Gasteiger partial charge < -0.3 is 34.7 Å². The van der Waals surface area contributed by atoms with Crippen LogP contribution in [0.5, 0.6) is 5.88 Å². The SMILES string of the molecule is COc1nc(N)nc2c1ncn2[C@@H]1O[C@H](COP(=O)(N[C@@H](C)C(=O)OCC(C)(C)C)c2cccc3ccccc23)[C@@H](O)[C@@]1(C)O. The van der Waals surface area contributed by atoms with E-state index in [9.17, 15) is 19.6 Å². The number of benzene rings is 2. The summed E-state index contributed by atoms with van der Waals surface area (Å²) in [6.07, 6.45) is -2.47. The van der Waals surface area contributed by atoms with Gasteiger partial charge in [-0.05, 0) is 36.1 Å². The highest BCUT2D eigenvalue weighted by molar-refractivity contribution is 7.65. The highest BCUT2D eigenvalue weighted by atomic mass is 31.2. The molecule has 0 amide bonds. The number of carbonyl (C=O) groups excluding carboxylic acids is 1. The molecule has 1 unspecified atom stereocenters. The molecule has 1 fully saturated rings. The van der Waals surface area contributed by atoms with Crippen LogP contribution in [0.15, 0.2) is 48.8 Å². The number of nitrogens with zero attached hydrogens (tertiary/aromatic N) is 4. The van der Waals surface area contributed by atoms with Crippen molar-refractivity contribution in [3.05, 3.63) is 48.8 Å². The summed E-state index contributed by atoms with van der Waals surface area (Å²) >= 11 is 0. The zero-order valence-corrected chi connectivity index (χ0v) is 26.9. The van der Waals surface area contributed by atoms with Gasteiger partial charge in [-0.1, -0.05) is 57.2 Å². The van der Waals surface area contributed by atoms with Gasteiger partial charge in [-0.25, -0.2) is 10.1 Å². The second-order valence-corrected chi connectivity index (χ2v) is 14.6. The third-order valence-corrected chi connectivity index (χ3v) is 9.74. The Hall–Kier alpha value is -3.65. The molecule has 15 heteroatoms. The molecule has 0 aliphatic carbocycles. The Bertz CT molecular complexity index is 1750. The Morgan fingerprint density at radius 3 is 2.64 bits per heavy atom. The van der Waals surface area contributed by atoms with E-state index in [-0.39, 0.29) is 35.0 Å². The number of rotatable bonds is 10. The molecule has 0 radical (unpaired) electrons. The van der Waals surface area contributed by atoms with Gasteiger partial charge in [-0.15, -0.1) is 0 Å². The largest absolute Gasteiger partial charge is 0.479 e. The number of aromatic nitrogens is 4. The molecule has 14 nitrogen and oxygen atoms in total. The van der Waals surface area contributed by atoms with Gasteiger partial charge in [0.2, 0.25) is 11.8 Å². The van der Waals surface area contributed by atoms with Gasteiger partial charge in [0.15, 0.2) is 17.4 Å². The van der Waals surface area contributed by atoms with Crippen molar-refractivity contribution < 1.29 is 38.3 Å². The number of nitrogen functional groups attached to an aromatic ring is 1. The molecule has 5 N–H and O–H groups in total. The normalized spacial score (nSPS) is 24.0. The second-order valence-electron chi connectivity index (χ2n) is 12.5. The highest BCUT2D eigenvalue weighted by Gasteiger charge is 2.54. The number of aliphatic hydroxyl groups excluding tert-OH is 1. The number of carbonyl (C=O) groups is 1. The molecule has 0 bridgehead atoms. The number of fused-ring (bicyclic) bond motifs is 2. The lowest BCUT2D eigenvalue weighted by atomic mass is 9.96. The zero-order chi connectivity index (χ0) is 32.7. The molecule has 1 aliphatic rings. The lowest BCUT2D eigenvalue weighted by Gasteiger charge is -2.28. The van der Waals surface area contributed by atoms with E-state index in [1.165, 1.54) is 24.9 Å². The first-order valence-electron chi connectivity index (χ1n) is 14.4. The molecule has 242 valence electrons. The maximum atomic E-state index is 14.8. The van der Waals surface area contributed by atoms with Crippen molar-refractivity contribution in [2.45, 2.75) is 64.7 Å². The van der Waals surface area contributed by atoms with Crippen molar-refractivity contribution in [1.82, 2.24) is 24.6 Å². The summed E-state index contributed by atoms with van der Waals surface area (Å²) in [6.45, 7) is 8.48. The smallest absolute Gasteiger partial charge is 0.323 e. The van der Waals surface area contributed by atoms with Crippen LogP contribution in [-0.2, 0) is 23.4 Å². The number of ether oxygens (including phenoxy) is 3. The average Bonchev–Trinajstić information content (AvgIpc) is 3.50. The first-order valence-corrected chi connectivity index (χ1v) is 16.0. The van der Waals surface area contributed by atoms with Crippen molar-refractivity contribution in [3.63, 3.8) is 0 Å². The molecule has 1 saturated heterocycles. The minimum absolute atomic E-state index is 0.0866. The molecular weight excluding hydrogens is 603 g/mol. The quantitative estimate of drug-likeness (QED) is 0.146. The van der Waals surface area contributed by atoms with Crippen LogP contribution in [0, 0.1) is 5.41 Å². The summed E-state index contributed by atoms with van der Waals surface area (Å²) in [5.41, 5.74) is 4.21. The average molecular weight is 643 g/mol. The lowest BCUT2D eigenvalue weighted by Crippen LogP contribution is -2.44. The number of hydrogen-bond donors (Lipinski definition) is 4. The van der Waals surface area contributed by atoms with E-state index in [2.05, 4.69) is 20.0 Å². The van der Waals surface area contributed by atoms with Crippen LogP contribution >= 0.6 is 7.52 Å². The molecule has 45 heavy (non-hydrogen) atoms. The Morgan fingerprint density at radius 2 is 1.93 bits per heavy atom. The number of hydrogen-bond acceptors (Lipinski definition) is 12. The van der Waals surface area contributed by atoms with E-state index >= 15 is 0 Å². The summed E-state index contributed by atoms with van der Waals surface area (Å²) in [6, 6.07) is 11.6. The van der Waals surface area contributed by atoms with Crippen LogP contribution in [0.4, 0.5) is 5.95 Å². The molecule has 1 aliphatic heterocycles. The summed E-state index contributed by atoms with van der Waals surface area (Å²) in [5.74, 6) is -0.555. The van der Waals surface area contributed by atoms with Crippen LogP contribution in [0.3, 0.4) is 0 Å². The Labute approximate surface area is 260 Å². The van der Waals surface area contributed by atoms with E-state index in [4.69, 9.17) is 24.5 Å². The van der Waals surface area contributed by atoms with Crippen LogP contribution in [-0.4, -0.2) is 79.9 Å². The monoisotopic (exact) mass is 642 g/mol. The lowest BCUT2D eigenvalue weighted by molar-refractivity contribution is -0.148. The van der Waals surface area contributed by atoms with E-state index in [1.807, 2.05) is 45.0 Å². The van der Waals surface area contributed by atoms with Crippen molar-refractivity contribution >= 4 is 46.7 Å². The highest BCUT2D eigenvalue weighted by Crippen LogP contribution is 2.47. The predicted octanol–water partition coefficient (Wildman–Crippen LogP) is 2.68. The molecule has 2 aromatic carbocycles. The fraction of sp³-hybridized carbons (Fsp3) is 0.467. The fourth-order valence-electron chi connectivity index (χ4n) is 5.14. The van der Waals surface area contributed by atoms with Crippen molar-refractivity contribution in [3.8, 4) is 5.88 Å². The molecule has 3 heterocycles. The maximum absolute atomic E-state index is 14.8. The van der Waals surface area contributed by atoms with Gasteiger partial charge in [0, 0.05) is 0 Å². The summed E-state index contributed by atoms with van der Waals surface area (Å²) < 4.78 is 39.1. The molecule has 0 saturated carbocycles. The van der Waals surface area contributed by atoms with E-state index < -0.39 is 50.2 Å². The minimum atomic E-state index is -4.04. The number of nitrogens with two attached hydrogens (primary N) is 1. The first-order chi connectivity index (χ1) is 21.1. The third kappa shape index (κ3) is 6.53. The first kappa shape index (κ1) is 32.7. The van der Waals surface area contributed by atoms with Gasteiger partial charge in [0.1, 0.15) is 23.9 Å². The summed E-state index contributed by atoms with van der Waals surface area (Å²) in [4.78, 5) is 25.4. The summed E-state index contributed by atoms with van der Waals surface area (Å²) in [7, 11) is -2.64. The van der Waals surface area contributed by atoms with E-state index in [0.29, 0.717) is 10.7 Å². The third-order valence-electron chi connectivity index (χ3n) is 7.48. The van der Waals surface area contributed by atoms with Crippen LogP contribution < -0.4 is 20.9 Å². The number of methoxy groups -OCH3 is 1. The topological polar surface area (TPSA) is 193 Å². The molecular formula is C30H39N6O8P. The van der Waals surface area contributed by atoms with Crippen LogP contribution in [0.25, 0.3) is 21.9 Å². The minimum Gasteiger partial charge on any atom is -0.479 e. The van der Waals surface area contributed by atoms with Gasteiger partial charge in [-0.2, -0.15) is 9.97 Å². The van der Waals surface area contributed by atoms with Crippen molar-refractivity contribution in [2.24, 2.45) is 5.41 Å². The van der Waals surface area contributed by atoms with E-state index in [1.54, 1.807) is 25.1 Å². The van der Waals surface area contributed by atoms with Crippen LogP contribution in [0.2, 0.25) is 0 Å². The van der Waals surface area contributed by atoms with Gasteiger partial charge in [-0.3, -0.25) is 13.9 Å². The zero-order valence-electron chi connectivity index (χ0n) is 26.0. The second kappa shape index (κ2) is 12.3. The van der Waals surface area contributed by atoms with Gasteiger partial charge >= 0.3 is 13.5 Å². The molecule has 2 aromatic heterocycles. The van der Waals surface area contributed by atoms with Gasteiger partial charge in [0.25, 0.3) is 0 Å². The maximum Gasteiger partial charge on any atom is 0.323 e.